The average molecular weight is 1450 g/mol. The standard InChI is InChI=1S/C19H19N3O5.C19H17NO5S.C19H20O4S.C9H7NO2S.C9H12O2.CH4/c1-10(2)12-6-13(15(24)7-14(12)23)18-20-21-19(25)22(18)8-11-3-4-16-17(5-11)27-9-26-16;1-10(2)12-6-13-16(7-14(12)21)25-19(22)20(18(13)26)8-11-3-4-15-17(5-11)24-9-23-15;1-11(2)13-8-14(16(21)9-15(13)20)19(24)6-4-12-3-5-17-18(7-12)23-10-22-17;13-5-10-4-7-1-2-8-9(3-7)12-6-11-8;1-6(2)8-4-3-7(10)5-9(8)11;/h3-7,10,23-24H,8-9H2,1-2H3,(H,21,25);3-7,10,21H,8-9H2,1-2H3;3,5,7-9,11,20-21H,4,6,10H2,1-2H3;1-3H,4,6H2;3-6,10-11H,1-2H3;1H4. The number of isothiocyanates is 1. The zero-order chi connectivity index (χ0) is 72.3. The lowest BCUT2D eigenvalue weighted by Crippen LogP contribution is -2.20. The molecular formula is C76H79N5O18S3. The molecule has 10 aromatic rings. The van der Waals surface area contributed by atoms with Crippen molar-refractivity contribution in [2.45, 2.75) is 119 Å². The third-order valence-corrected chi connectivity index (χ3v) is 17.5. The van der Waals surface area contributed by atoms with Crippen LogP contribution < -0.4 is 49.3 Å². The summed E-state index contributed by atoms with van der Waals surface area (Å²) in [6.45, 7) is 17.7. The van der Waals surface area contributed by atoms with Crippen LogP contribution in [0, 0.1) is 4.64 Å². The summed E-state index contributed by atoms with van der Waals surface area (Å²) >= 11 is 15.5. The number of aromatic nitrogens is 4. The summed E-state index contributed by atoms with van der Waals surface area (Å²) in [4.78, 5) is 29.2. The van der Waals surface area contributed by atoms with Crippen LogP contribution in [0.15, 0.2) is 146 Å². The molecule has 0 saturated carbocycles. The molecule has 0 aliphatic carbocycles. The molecular weight excluding hydrogens is 1370 g/mol. The van der Waals surface area contributed by atoms with Crippen LogP contribution in [0.5, 0.6) is 86.2 Å². The van der Waals surface area contributed by atoms with Gasteiger partial charge in [-0.05, 0) is 166 Å². The number of rotatable bonds is 15. The molecule has 0 saturated heterocycles. The molecule has 0 unspecified atom stereocenters. The maximum atomic E-state index is 12.4. The number of aromatic hydroxyl groups is 7. The van der Waals surface area contributed by atoms with Crippen LogP contribution in [0.3, 0.4) is 0 Å². The van der Waals surface area contributed by atoms with Gasteiger partial charge in [-0.1, -0.05) is 118 Å². The van der Waals surface area contributed by atoms with Crippen LogP contribution in [0.2, 0.25) is 0 Å². The number of aliphatic imine (C=N–C) groups is 1. The van der Waals surface area contributed by atoms with Crippen LogP contribution in [0.4, 0.5) is 0 Å². The first-order valence-electron chi connectivity index (χ1n) is 32.1. The fourth-order valence-corrected chi connectivity index (χ4v) is 11.7. The lowest BCUT2D eigenvalue weighted by molar-refractivity contribution is 0.173. The third kappa shape index (κ3) is 17.9. The highest BCUT2D eigenvalue weighted by Crippen LogP contribution is 2.41. The van der Waals surface area contributed by atoms with Crippen molar-refractivity contribution in [1.29, 1.82) is 0 Å². The van der Waals surface area contributed by atoms with Crippen LogP contribution >= 0.6 is 36.7 Å². The fourth-order valence-electron chi connectivity index (χ4n) is 11.1. The van der Waals surface area contributed by atoms with Crippen LogP contribution in [-0.2, 0) is 26.1 Å². The molecule has 8 N–H and O–H groups in total. The summed E-state index contributed by atoms with van der Waals surface area (Å²) < 4.78 is 51.0. The minimum Gasteiger partial charge on any atom is -0.508 e. The maximum absolute atomic E-state index is 12.4. The number of benzene rings is 8. The van der Waals surface area contributed by atoms with Gasteiger partial charge in [-0.2, -0.15) is 5.10 Å². The van der Waals surface area contributed by atoms with Gasteiger partial charge in [-0.15, -0.1) is 0 Å². The van der Waals surface area contributed by atoms with E-state index in [0.717, 1.165) is 68.4 Å². The summed E-state index contributed by atoms with van der Waals surface area (Å²) in [6, 6.07) is 36.5. The number of phenolic OH excluding ortho intramolecular Hbond substituents is 7. The third-order valence-electron chi connectivity index (χ3n) is 16.5. The number of hydrogen-bond donors (Lipinski definition) is 8. The van der Waals surface area contributed by atoms with Crippen molar-refractivity contribution in [3.05, 3.63) is 203 Å². The average Bonchev–Trinajstić information content (AvgIpc) is 0.978. The zero-order valence-corrected chi connectivity index (χ0v) is 58.9. The number of aryl methyl sites for hydroxylation is 1. The highest BCUT2D eigenvalue weighted by molar-refractivity contribution is 7.80. The highest BCUT2D eigenvalue weighted by Gasteiger charge is 2.23. The SMILES string of the molecule is C.CC(C)c1cc(-c2n[nH]c(=O)n2Cc2ccc3c(c2)OCO3)c(O)cc1O.CC(C)c1cc(C(=S)CCc2ccc3c(c2)OCO3)c(O)cc1O.CC(C)c1cc2c(=S)n(Cc3ccc4c(c3)OCO4)c(=O)oc2cc1O.CC(C)c1ccc(O)cc1O.S=C=NCc1ccc2c(c1)OCO2. The number of nitrogens with one attached hydrogen (secondary N) is 1. The van der Waals surface area contributed by atoms with Crippen molar-refractivity contribution in [3.63, 3.8) is 0 Å². The second kappa shape index (κ2) is 33.4. The molecule has 0 bridgehead atoms. The van der Waals surface area contributed by atoms with Crippen molar-refractivity contribution in [2.24, 2.45) is 4.99 Å². The van der Waals surface area contributed by atoms with Crippen molar-refractivity contribution in [1.82, 2.24) is 19.3 Å². The van der Waals surface area contributed by atoms with E-state index in [9.17, 15) is 40.2 Å². The molecule has 0 radical (unpaired) electrons. The van der Waals surface area contributed by atoms with E-state index in [0.29, 0.717) is 74.3 Å². The Bertz CT molecular complexity index is 4960. The predicted octanol–water partition coefficient (Wildman–Crippen LogP) is 15.7. The monoisotopic (exact) mass is 1450 g/mol. The van der Waals surface area contributed by atoms with Gasteiger partial charge in [-0.25, -0.2) is 19.7 Å². The van der Waals surface area contributed by atoms with Crippen molar-refractivity contribution in [2.75, 3.05) is 27.2 Å². The molecule has 0 atom stereocenters. The number of phenols is 7. The predicted molar refractivity (Wildman–Crippen MR) is 394 cm³/mol. The zero-order valence-electron chi connectivity index (χ0n) is 56.4. The highest BCUT2D eigenvalue weighted by atomic mass is 32.1. The van der Waals surface area contributed by atoms with Gasteiger partial charge in [0.25, 0.3) is 0 Å². The van der Waals surface area contributed by atoms with Crippen molar-refractivity contribution >= 4 is 57.6 Å². The molecule has 6 heterocycles. The smallest absolute Gasteiger partial charge is 0.420 e. The Morgan fingerprint density at radius 3 is 1.47 bits per heavy atom. The van der Waals surface area contributed by atoms with Gasteiger partial charge in [0.15, 0.2) is 51.8 Å². The molecule has 0 spiro atoms. The molecule has 14 rings (SSSR count). The largest absolute Gasteiger partial charge is 0.508 e. The van der Waals surface area contributed by atoms with E-state index in [1.54, 1.807) is 42.5 Å². The van der Waals surface area contributed by atoms with Gasteiger partial charge in [-0.3, -0.25) is 9.13 Å². The molecule has 534 valence electrons. The van der Waals surface area contributed by atoms with Crippen molar-refractivity contribution in [3.8, 4) is 97.6 Å². The Labute approximate surface area is 603 Å². The molecule has 4 aliphatic rings. The number of thiocarbonyl (C=S) groups is 2. The molecule has 2 aromatic heterocycles. The minimum absolute atomic E-state index is 0. The molecule has 102 heavy (non-hydrogen) atoms. The van der Waals surface area contributed by atoms with Crippen LogP contribution in [0.1, 0.15) is 143 Å². The Morgan fingerprint density at radius 2 is 0.951 bits per heavy atom. The second-order valence-electron chi connectivity index (χ2n) is 24.9. The lowest BCUT2D eigenvalue weighted by atomic mass is 9.96. The first-order chi connectivity index (χ1) is 48.3. The lowest BCUT2D eigenvalue weighted by Gasteiger charge is -2.13. The van der Waals surface area contributed by atoms with E-state index in [2.05, 4.69) is 32.6 Å². The van der Waals surface area contributed by atoms with Gasteiger partial charge in [0.2, 0.25) is 27.2 Å². The van der Waals surface area contributed by atoms with Crippen molar-refractivity contribution < 1.29 is 78.1 Å². The number of hydrogen-bond acceptors (Lipinski definition) is 23. The Hall–Kier alpha value is -11.1. The molecule has 23 nitrogen and oxygen atoms in total. The fraction of sp³-hybridized carbons (Fsp3) is 0.289. The molecule has 8 aromatic carbocycles. The van der Waals surface area contributed by atoms with E-state index in [1.807, 2.05) is 116 Å². The first-order valence-corrected chi connectivity index (χ1v) is 33.4. The van der Waals surface area contributed by atoms with Crippen LogP contribution in [-0.4, -0.2) is 92.3 Å². The Morgan fingerprint density at radius 1 is 0.510 bits per heavy atom. The Balaban J connectivity index is 0.000000153. The van der Waals surface area contributed by atoms with Gasteiger partial charge < -0.3 is 78.1 Å². The quantitative estimate of drug-likeness (QED) is 0.0269. The molecule has 26 heteroatoms. The summed E-state index contributed by atoms with van der Waals surface area (Å²) in [7, 11) is 0. The molecule has 0 fully saturated rings. The number of ether oxygens (including phenoxy) is 8. The minimum atomic E-state index is -0.572. The van der Waals surface area contributed by atoms with Gasteiger partial charge in [0.1, 0.15) is 50.5 Å². The first kappa shape index (κ1) is 75.2. The molecule has 4 aliphatic heterocycles. The summed E-state index contributed by atoms with van der Waals surface area (Å²) in [6.07, 6.45) is 1.37. The number of H-pyrrole nitrogens is 1. The van der Waals surface area contributed by atoms with E-state index < -0.39 is 11.4 Å². The van der Waals surface area contributed by atoms with E-state index >= 15 is 0 Å². The number of aromatic amines is 1. The van der Waals surface area contributed by atoms with E-state index in [4.69, 9.17) is 71.9 Å². The topological polar surface area (TPSA) is 314 Å². The van der Waals surface area contributed by atoms with Crippen LogP contribution in [0.25, 0.3) is 22.4 Å². The van der Waals surface area contributed by atoms with E-state index in [1.165, 1.54) is 33.4 Å². The maximum Gasteiger partial charge on any atom is 0.420 e. The summed E-state index contributed by atoms with van der Waals surface area (Å²) in [5.74, 6) is 6.35. The summed E-state index contributed by atoms with van der Waals surface area (Å²) in [5, 5.41) is 78.2. The normalized spacial score (nSPS) is 12.3. The number of fused-ring (bicyclic) bond motifs is 5. The van der Waals surface area contributed by atoms with Gasteiger partial charge in [0.05, 0.1) is 35.7 Å². The van der Waals surface area contributed by atoms with Gasteiger partial charge in [0, 0.05) is 34.7 Å². The summed E-state index contributed by atoms with van der Waals surface area (Å²) in [5.41, 5.74) is 7.75. The number of nitrogens with zero attached hydrogens (tertiary/aromatic N) is 4. The second-order valence-corrected chi connectivity index (χ2v) is 26.0. The van der Waals surface area contributed by atoms with E-state index in [-0.39, 0.29) is 116 Å². The molecule has 0 amide bonds. The Kier molecular flexibility index (Phi) is 24.6. The van der Waals surface area contributed by atoms with Gasteiger partial charge >= 0.3 is 11.4 Å².